The molecule has 0 aliphatic rings. The molecule has 4 nitrogen and oxygen atoms in total. The summed E-state index contributed by atoms with van der Waals surface area (Å²) in [6, 6.07) is 0. The highest BCUT2D eigenvalue weighted by atomic mass is 28.5. The molecular formula is C12H36O4Si5. The predicted molar refractivity (Wildman–Crippen MR) is 103 cm³/mol. The van der Waals surface area contributed by atoms with E-state index in [9.17, 15) is 0 Å². The van der Waals surface area contributed by atoms with Gasteiger partial charge in [-0.1, -0.05) is 0 Å². The number of hydrogen-bond acceptors (Lipinski definition) is 4. The van der Waals surface area contributed by atoms with E-state index in [0.29, 0.717) is 0 Å². The van der Waals surface area contributed by atoms with Gasteiger partial charge in [-0.25, -0.2) is 0 Å². The van der Waals surface area contributed by atoms with Crippen molar-refractivity contribution >= 4 is 42.3 Å². The van der Waals surface area contributed by atoms with Gasteiger partial charge in [0.05, 0.1) is 0 Å². The summed E-state index contributed by atoms with van der Waals surface area (Å²) in [7, 11) is -38.7. The van der Waals surface area contributed by atoms with Gasteiger partial charge in [0.15, 0.2) is 16.6 Å². The second-order valence-corrected chi connectivity index (χ2v) is 13.3. The topological polar surface area (TPSA) is 36.9 Å². The Morgan fingerprint density at radius 3 is 0.952 bits per heavy atom. The molecule has 0 spiro atoms. The molecule has 0 radical (unpaired) electrons. The molecule has 0 fully saturated rings. The van der Waals surface area contributed by atoms with Crippen molar-refractivity contribution < 1.29 is 65.8 Å². The Morgan fingerprint density at radius 2 is 0.714 bits per heavy atom. The van der Waals surface area contributed by atoms with Crippen molar-refractivity contribution in [1.29, 1.82) is 0 Å². The van der Waals surface area contributed by atoms with Gasteiger partial charge < -0.3 is 16.5 Å². The second-order valence-electron chi connectivity index (χ2n) is 3.62. The van der Waals surface area contributed by atoms with Crippen LogP contribution in [0.3, 0.4) is 0 Å². The fraction of sp³-hybridized carbons (Fsp3) is 1.00. The van der Waals surface area contributed by atoms with E-state index >= 15 is 0 Å². The molecule has 128 valence electrons. The van der Waals surface area contributed by atoms with Crippen molar-refractivity contribution in [3.8, 4) is 0 Å². The first-order chi connectivity index (χ1) is 23.8. The maximum absolute atomic E-state index is 8.21. The molecule has 21 heavy (non-hydrogen) atoms. The third kappa shape index (κ3) is 12.1. The lowest BCUT2D eigenvalue weighted by molar-refractivity contribution is 0.300. The molecule has 0 saturated carbocycles. The first-order valence-corrected chi connectivity index (χ1v) is 13.9. The molecule has 0 aromatic heterocycles. The molecule has 0 aliphatic carbocycles. The third-order valence-corrected chi connectivity index (χ3v) is 10.5. The molecule has 0 bridgehead atoms. The highest BCUT2D eigenvalue weighted by molar-refractivity contribution is 6.90. The van der Waals surface area contributed by atoms with Crippen LogP contribution in [-0.4, -0.2) is 42.3 Å². The zero-order chi connectivity index (χ0) is 47.3. The van der Waals surface area contributed by atoms with Crippen LogP contribution in [0.1, 0.15) is 49.3 Å². The van der Waals surface area contributed by atoms with Crippen LogP contribution < -0.4 is 0 Å². The van der Waals surface area contributed by atoms with Crippen molar-refractivity contribution in [3.63, 3.8) is 0 Å². The van der Waals surface area contributed by atoms with Gasteiger partial charge in [-0.2, -0.15) is 0 Å². The summed E-state index contributed by atoms with van der Waals surface area (Å²) in [5.74, 6) is 0. The van der Waals surface area contributed by atoms with E-state index in [0.717, 1.165) is 0 Å². The van der Waals surface area contributed by atoms with E-state index in [-0.39, 0.29) is 0 Å². The van der Waals surface area contributed by atoms with Gasteiger partial charge in [-0.15, -0.1) is 0 Å². The van der Waals surface area contributed by atoms with Crippen molar-refractivity contribution in [2.75, 3.05) is 0 Å². The normalized spacial score (nSPS) is 48.0. The van der Waals surface area contributed by atoms with Crippen LogP contribution in [0, 0.1) is 0 Å². The average molecular weight is 421 g/mol. The van der Waals surface area contributed by atoms with Crippen molar-refractivity contribution in [3.05, 3.63) is 0 Å². The lowest BCUT2D eigenvalue weighted by Crippen LogP contribution is -2.58. The van der Waals surface area contributed by atoms with E-state index < -0.39 is 120 Å². The zero-order valence-corrected chi connectivity index (χ0v) is 15.1. The molecule has 0 atom stereocenters. The minimum atomic E-state index is -8.09. The van der Waals surface area contributed by atoms with Gasteiger partial charge in [0.25, 0.3) is 0 Å². The van der Waals surface area contributed by atoms with Crippen LogP contribution >= 0.6 is 0 Å². The minimum Gasteiger partial charge on any atom is -0.437 e. The molecule has 0 aromatic carbocycles. The van der Waals surface area contributed by atoms with E-state index in [1.54, 1.807) is 0 Å². The smallest absolute Gasteiger partial charge is 0.314 e. The van der Waals surface area contributed by atoms with Crippen LogP contribution in [0.25, 0.3) is 0 Å². The number of hydrogen-bond donors (Lipinski definition) is 0. The molecule has 0 aromatic rings. The van der Waals surface area contributed by atoms with E-state index in [2.05, 4.69) is 0 Å². The third-order valence-electron chi connectivity index (χ3n) is 1.17. The fourth-order valence-corrected chi connectivity index (χ4v) is 9.21. The molecule has 0 saturated heterocycles. The summed E-state index contributed by atoms with van der Waals surface area (Å²) >= 11 is 0. The van der Waals surface area contributed by atoms with Crippen molar-refractivity contribution in [2.24, 2.45) is 0 Å². The van der Waals surface area contributed by atoms with Gasteiger partial charge in [0.1, 0.15) is 0 Å². The highest BCUT2D eigenvalue weighted by Gasteiger charge is 2.44. The summed E-state index contributed by atoms with van der Waals surface area (Å²) in [6.45, 7) is -57.4. The summed E-state index contributed by atoms with van der Waals surface area (Å²) in [6.07, 6.45) is 0. The summed E-state index contributed by atoms with van der Waals surface area (Å²) in [5, 5.41) is 0. The van der Waals surface area contributed by atoms with E-state index in [4.69, 9.17) is 65.8 Å². The molecule has 0 heterocycles. The molecule has 0 amide bonds. The average Bonchev–Trinajstić information content (AvgIpc) is 2.78. The maximum Gasteiger partial charge on any atom is 0.314 e. The van der Waals surface area contributed by atoms with Gasteiger partial charge in [-0.3, -0.25) is 0 Å². The first-order valence-electron chi connectivity index (χ1n) is 22.6. The molecule has 0 N–H and O–H groups in total. The van der Waals surface area contributed by atoms with Crippen molar-refractivity contribution in [1.82, 2.24) is 0 Å². The van der Waals surface area contributed by atoms with Gasteiger partial charge in [-0.05, 0) is 77.7 Å². The Labute approximate surface area is 188 Å². The Hall–Kier alpha value is 0.924. The molecule has 9 heteroatoms. The summed E-state index contributed by atoms with van der Waals surface area (Å²) < 4.78 is 309. The van der Waals surface area contributed by atoms with E-state index in [1.807, 2.05) is 0 Å². The van der Waals surface area contributed by atoms with Crippen LogP contribution in [-0.2, 0) is 16.5 Å². The minimum absolute atomic E-state index is 4.62. The highest BCUT2D eigenvalue weighted by Crippen LogP contribution is 2.25. The second kappa shape index (κ2) is 6.81. The molecule has 0 rings (SSSR count). The quantitative estimate of drug-likeness (QED) is 0.527. The fourth-order valence-electron chi connectivity index (χ4n) is 0.898. The summed E-state index contributed by atoms with van der Waals surface area (Å²) in [4.78, 5) is 0. The monoisotopic (exact) mass is 420 g/mol. The van der Waals surface area contributed by atoms with Crippen LogP contribution in [0.4, 0.5) is 0 Å². The molecule has 0 aliphatic heterocycles. The number of rotatable bonds is 8. The van der Waals surface area contributed by atoms with E-state index in [1.165, 1.54) is 0 Å². The first kappa shape index (κ1) is 2.96. The maximum atomic E-state index is 8.21. The van der Waals surface area contributed by atoms with Crippen LogP contribution in [0.2, 0.25) is 77.7 Å². The summed E-state index contributed by atoms with van der Waals surface area (Å²) in [5.41, 5.74) is 0. The van der Waals surface area contributed by atoms with Gasteiger partial charge in [0, 0.05) is 49.3 Å². The molecular weight excluding hydrogens is 349 g/mol. The zero-order valence-electron chi connectivity index (χ0n) is 46.1. The Morgan fingerprint density at radius 1 is 0.429 bits per heavy atom. The van der Waals surface area contributed by atoms with Crippen LogP contribution in [0.15, 0.2) is 0 Å². The Kier molecular flexibility index (Phi) is 0.961. The van der Waals surface area contributed by atoms with Crippen LogP contribution in [0.5, 0.6) is 0 Å². The lowest BCUT2D eigenvalue weighted by Gasteiger charge is -2.41. The van der Waals surface area contributed by atoms with Crippen molar-refractivity contribution in [2.45, 2.75) is 77.7 Å². The largest absolute Gasteiger partial charge is 0.437 e. The lowest BCUT2D eigenvalue weighted by atomic mass is 11.8. The van der Waals surface area contributed by atoms with Gasteiger partial charge in [0.2, 0.25) is 0 Å². The SMILES string of the molecule is [2H]C([2H])([2H])[Si](O[Si](O[Si](C([2H])([2H])[2H])(C([2H])([2H])[2H])C([2H])([2H])[2H])(C([2H])([2H])[2H])C([2H])([2H])[2H])(O[Si](O[Si](C([2H])([2H])[2H])(C([2H])([2H])[2H])C([2H])([2H])[2H])(C([2H])([2H])[2H])C([2H])([2H])[2H])C([2H])([2H])[2H]. The molecule has 0 unspecified atom stereocenters. The predicted octanol–water partition coefficient (Wildman–Crippen LogP) is 4.83. The van der Waals surface area contributed by atoms with Gasteiger partial charge >= 0.3 is 25.7 Å². The standard InChI is InChI=1S/C12H36O4Si5/c1-17(2,3)13-19(7,8)15-21(11,12)16-20(9,10)14-18(4,5)6/h1-12H3/i1D3,2D3,3D3,4D3,5D3,6D3,7D3,8D3,9D3,10D3,11D3,12D3. The Bertz CT molecular complexity index is 1180. The Balaban J connectivity index is 9.73.